The van der Waals surface area contributed by atoms with E-state index in [0.717, 1.165) is 6.07 Å². The van der Waals surface area contributed by atoms with E-state index in [1.54, 1.807) is 0 Å². The van der Waals surface area contributed by atoms with Gasteiger partial charge < -0.3 is 14.9 Å². The summed E-state index contributed by atoms with van der Waals surface area (Å²) < 4.78 is 17.9. The molecular formula is C10H11FO3. The van der Waals surface area contributed by atoms with E-state index >= 15 is 0 Å². The zero-order chi connectivity index (χ0) is 10.3. The molecule has 2 N–H and O–H groups in total. The second kappa shape index (κ2) is 2.85. The predicted molar refractivity (Wildman–Crippen MR) is 47.7 cm³/mol. The highest BCUT2D eigenvalue weighted by Gasteiger charge is 2.43. The highest BCUT2D eigenvalue weighted by molar-refractivity contribution is 5.45. The maximum atomic E-state index is 13.1. The minimum atomic E-state index is -0.915. The molecular weight excluding hydrogens is 187 g/mol. The van der Waals surface area contributed by atoms with Gasteiger partial charge in [0.1, 0.15) is 0 Å². The molecule has 0 atom stereocenters. The number of hydrogen-bond acceptors (Lipinski definition) is 3. The third kappa shape index (κ3) is 1.32. The van der Waals surface area contributed by atoms with Crippen molar-refractivity contribution in [2.45, 2.75) is 18.4 Å². The molecule has 1 saturated carbocycles. The number of aliphatic hydroxyl groups is 1. The molecule has 0 aromatic heterocycles. The Balaban J connectivity index is 2.48. The molecule has 0 aliphatic heterocycles. The van der Waals surface area contributed by atoms with E-state index in [1.807, 2.05) is 0 Å². The summed E-state index contributed by atoms with van der Waals surface area (Å²) in [6.07, 6.45) is 1.25. The van der Waals surface area contributed by atoms with Gasteiger partial charge in [0.05, 0.1) is 12.7 Å². The topological polar surface area (TPSA) is 49.7 Å². The molecule has 0 amide bonds. The Morgan fingerprint density at radius 1 is 1.43 bits per heavy atom. The number of hydrogen-bond donors (Lipinski definition) is 2. The van der Waals surface area contributed by atoms with Crippen LogP contribution < -0.4 is 4.74 Å². The smallest absolute Gasteiger partial charge is 0.194 e. The third-order valence-corrected chi connectivity index (χ3v) is 2.51. The Kier molecular flexibility index (Phi) is 1.89. The van der Waals surface area contributed by atoms with Gasteiger partial charge in [0.2, 0.25) is 0 Å². The Morgan fingerprint density at radius 2 is 2.07 bits per heavy atom. The van der Waals surface area contributed by atoms with Crippen LogP contribution in [-0.2, 0) is 5.60 Å². The molecule has 1 aliphatic rings. The van der Waals surface area contributed by atoms with E-state index in [9.17, 15) is 14.6 Å². The van der Waals surface area contributed by atoms with Crippen molar-refractivity contribution in [1.82, 2.24) is 0 Å². The van der Waals surface area contributed by atoms with Crippen molar-refractivity contribution in [1.29, 1.82) is 0 Å². The van der Waals surface area contributed by atoms with Crippen LogP contribution in [0.1, 0.15) is 18.4 Å². The van der Waals surface area contributed by atoms with Gasteiger partial charge in [-0.05, 0) is 30.5 Å². The van der Waals surface area contributed by atoms with E-state index in [1.165, 1.54) is 13.2 Å². The lowest BCUT2D eigenvalue weighted by molar-refractivity contribution is 0.150. The van der Waals surface area contributed by atoms with Gasteiger partial charge >= 0.3 is 0 Å². The number of benzene rings is 1. The first-order valence-electron chi connectivity index (χ1n) is 4.36. The average molecular weight is 198 g/mol. The lowest BCUT2D eigenvalue weighted by Gasteiger charge is -2.11. The molecule has 0 saturated heterocycles. The van der Waals surface area contributed by atoms with Gasteiger partial charge in [0, 0.05) is 0 Å². The van der Waals surface area contributed by atoms with Crippen molar-refractivity contribution in [3.63, 3.8) is 0 Å². The molecule has 0 bridgehead atoms. The molecule has 2 rings (SSSR count). The number of ether oxygens (including phenoxy) is 1. The molecule has 1 aliphatic carbocycles. The zero-order valence-corrected chi connectivity index (χ0v) is 7.75. The minimum absolute atomic E-state index is 0.0559. The lowest BCUT2D eigenvalue weighted by atomic mass is 10.1. The Morgan fingerprint density at radius 3 is 2.57 bits per heavy atom. The summed E-state index contributed by atoms with van der Waals surface area (Å²) in [5.74, 6) is -1.22. The molecule has 1 aromatic rings. The fraction of sp³-hybridized carbons (Fsp3) is 0.400. The zero-order valence-electron chi connectivity index (χ0n) is 7.75. The summed E-state index contributed by atoms with van der Waals surface area (Å²) >= 11 is 0. The first-order valence-corrected chi connectivity index (χ1v) is 4.36. The Bertz CT molecular complexity index is 372. The van der Waals surface area contributed by atoms with Crippen LogP contribution in [0.3, 0.4) is 0 Å². The van der Waals surface area contributed by atoms with Crippen molar-refractivity contribution in [3.05, 3.63) is 23.5 Å². The van der Waals surface area contributed by atoms with Crippen molar-refractivity contribution in [3.8, 4) is 11.5 Å². The van der Waals surface area contributed by atoms with E-state index in [0.29, 0.717) is 18.4 Å². The van der Waals surface area contributed by atoms with Crippen LogP contribution >= 0.6 is 0 Å². The minimum Gasteiger partial charge on any atom is -0.502 e. The standard InChI is InChI=1S/C10H11FO3/c1-14-8-5-6(10(13)2-3-10)4-7(11)9(8)12/h4-5,12-13H,2-3H2,1H3. The van der Waals surface area contributed by atoms with Crippen molar-refractivity contribution < 1.29 is 19.3 Å². The summed E-state index contributed by atoms with van der Waals surface area (Å²) in [5.41, 5.74) is -0.452. The van der Waals surface area contributed by atoms with Crippen LogP contribution in [0.15, 0.2) is 12.1 Å². The molecule has 1 aromatic carbocycles. The maximum absolute atomic E-state index is 13.1. The van der Waals surface area contributed by atoms with Gasteiger partial charge in [0.25, 0.3) is 0 Å². The molecule has 3 nitrogen and oxygen atoms in total. The van der Waals surface area contributed by atoms with Gasteiger partial charge in [-0.3, -0.25) is 0 Å². The van der Waals surface area contributed by atoms with Gasteiger partial charge in [-0.2, -0.15) is 0 Å². The van der Waals surface area contributed by atoms with Crippen LogP contribution in [0.2, 0.25) is 0 Å². The summed E-state index contributed by atoms with van der Waals surface area (Å²) in [7, 11) is 1.34. The summed E-state index contributed by atoms with van der Waals surface area (Å²) in [4.78, 5) is 0. The Hall–Kier alpha value is -1.29. The number of phenols is 1. The molecule has 0 radical (unpaired) electrons. The largest absolute Gasteiger partial charge is 0.502 e. The summed E-state index contributed by atoms with van der Waals surface area (Å²) in [6, 6.07) is 2.61. The highest BCUT2D eigenvalue weighted by atomic mass is 19.1. The van der Waals surface area contributed by atoms with Crippen LogP contribution in [0.5, 0.6) is 11.5 Å². The number of halogens is 1. The average Bonchev–Trinajstić information content (AvgIpc) is 2.89. The van der Waals surface area contributed by atoms with Gasteiger partial charge in [-0.1, -0.05) is 0 Å². The van der Waals surface area contributed by atoms with Gasteiger partial charge in [-0.25, -0.2) is 4.39 Å². The number of methoxy groups -OCH3 is 1. The fourth-order valence-electron chi connectivity index (χ4n) is 1.41. The van der Waals surface area contributed by atoms with Crippen LogP contribution in [0, 0.1) is 5.82 Å². The van der Waals surface area contributed by atoms with E-state index in [4.69, 9.17) is 4.74 Å². The normalized spacial score (nSPS) is 17.9. The summed E-state index contributed by atoms with van der Waals surface area (Å²) in [5, 5.41) is 19.0. The first kappa shape index (κ1) is 9.27. The van der Waals surface area contributed by atoms with Crippen molar-refractivity contribution in [2.24, 2.45) is 0 Å². The number of aromatic hydroxyl groups is 1. The quantitative estimate of drug-likeness (QED) is 0.757. The second-order valence-corrected chi connectivity index (χ2v) is 3.54. The van der Waals surface area contributed by atoms with Crippen molar-refractivity contribution in [2.75, 3.05) is 7.11 Å². The fourth-order valence-corrected chi connectivity index (χ4v) is 1.41. The SMILES string of the molecule is COc1cc(C2(O)CC2)cc(F)c1O. The van der Waals surface area contributed by atoms with Crippen LogP contribution in [0.4, 0.5) is 4.39 Å². The molecule has 0 spiro atoms. The highest BCUT2D eigenvalue weighted by Crippen LogP contribution is 2.47. The van der Waals surface area contributed by atoms with Crippen molar-refractivity contribution >= 4 is 0 Å². The maximum Gasteiger partial charge on any atom is 0.194 e. The molecule has 0 unspecified atom stereocenters. The molecule has 14 heavy (non-hydrogen) atoms. The van der Waals surface area contributed by atoms with Gasteiger partial charge in [-0.15, -0.1) is 0 Å². The molecule has 0 heterocycles. The van der Waals surface area contributed by atoms with E-state index in [-0.39, 0.29) is 5.75 Å². The number of rotatable bonds is 2. The van der Waals surface area contributed by atoms with E-state index < -0.39 is 17.2 Å². The molecule has 4 heteroatoms. The third-order valence-electron chi connectivity index (χ3n) is 2.51. The van der Waals surface area contributed by atoms with Crippen LogP contribution in [0.25, 0.3) is 0 Å². The Labute approximate surface area is 80.8 Å². The van der Waals surface area contributed by atoms with Gasteiger partial charge in [0.15, 0.2) is 17.3 Å². The predicted octanol–water partition coefficient (Wildman–Crippen LogP) is 1.52. The molecule has 1 fully saturated rings. The van der Waals surface area contributed by atoms with E-state index in [2.05, 4.69) is 0 Å². The molecule has 76 valence electrons. The summed E-state index contributed by atoms with van der Waals surface area (Å²) in [6.45, 7) is 0. The monoisotopic (exact) mass is 198 g/mol. The lowest BCUT2D eigenvalue weighted by Crippen LogP contribution is -2.05. The first-order chi connectivity index (χ1) is 6.57. The van der Waals surface area contributed by atoms with Crippen LogP contribution in [-0.4, -0.2) is 17.3 Å². The number of phenolic OH excluding ortho intramolecular Hbond substituents is 1. The second-order valence-electron chi connectivity index (χ2n) is 3.54.